The van der Waals surface area contributed by atoms with Crippen LogP contribution in [0.1, 0.15) is 45.4 Å². The van der Waals surface area contributed by atoms with E-state index in [1.807, 2.05) is 7.05 Å². The van der Waals surface area contributed by atoms with Crippen LogP contribution in [0.2, 0.25) is 0 Å². The van der Waals surface area contributed by atoms with Crippen molar-refractivity contribution in [1.29, 1.82) is 0 Å². The van der Waals surface area contributed by atoms with Gasteiger partial charge in [0.25, 0.3) is 0 Å². The van der Waals surface area contributed by atoms with Crippen LogP contribution in [0.3, 0.4) is 0 Å². The molecule has 1 aliphatic carbocycles. The highest BCUT2D eigenvalue weighted by molar-refractivity contribution is 4.76. The van der Waals surface area contributed by atoms with Gasteiger partial charge < -0.3 is 10.2 Å². The van der Waals surface area contributed by atoms with Crippen LogP contribution in [0, 0.1) is 5.92 Å². The molecule has 0 radical (unpaired) electrons. The Labute approximate surface area is 95.4 Å². The van der Waals surface area contributed by atoms with E-state index in [2.05, 4.69) is 17.1 Å². The molecule has 1 N–H and O–H groups in total. The van der Waals surface area contributed by atoms with Gasteiger partial charge in [-0.25, -0.2) is 0 Å². The summed E-state index contributed by atoms with van der Waals surface area (Å²) in [4.78, 5) is 2.63. The van der Waals surface area contributed by atoms with E-state index >= 15 is 0 Å². The predicted molar refractivity (Wildman–Crippen MR) is 67.2 cm³/mol. The summed E-state index contributed by atoms with van der Waals surface area (Å²) in [7, 11) is 2.04. The Bertz CT molecular complexity index is 143. The second-order valence-corrected chi connectivity index (χ2v) is 4.85. The van der Waals surface area contributed by atoms with Crippen LogP contribution in [-0.4, -0.2) is 38.1 Å². The molecule has 0 saturated heterocycles. The quantitative estimate of drug-likeness (QED) is 0.560. The molecule has 15 heavy (non-hydrogen) atoms. The smallest absolute Gasteiger partial charge is 0.000954 e. The molecule has 1 aliphatic rings. The molecular formula is C13H28N2. The van der Waals surface area contributed by atoms with Gasteiger partial charge in [0.15, 0.2) is 0 Å². The lowest BCUT2D eigenvalue weighted by atomic mass is 10.2. The van der Waals surface area contributed by atoms with Crippen molar-refractivity contribution in [2.45, 2.75) is 45.4 Å². The van der Waals surface area contributed by atoms with Crippen molar-refractivity contribution in [3.63, 3.8) is 0 Å². The van der Waals surface area contributed by atoms with Crippen LogP contribution in [0.15, 0.2) is 0 Å². The molecule has 0 amide bonds. The highest BCUT2D eigenvalue weighted by Crippen LogP contribution is 2.29. The summed E-state index contributed by atoms with van der Waals surface area (Å²) in [5, 5.41) is 3.20. The SMILES string of the molecule is CCN(CCCCCCNC)CC1CC1. The van der Waals surface area contributed by atoms with Crippen molar-refractivity contribution in [3.8, 4) is 0 Å². The van der Waals surface area contributed by atoms with Crippen molar-refractivity contribution >= 4 is 0 Å². The highest BCUT2D eigenvalue weighted by Gasteiger charge is 2.23. The number of hydrogen-bond donors (Lipinski definition) is 1. The molecule has 2 nitrogen and oxygen atoms in total. The molecule has 1 fully saturated rings. The fourth-order valence-electron chi connectivity index (χ4n) is 2.03. The molecule has 0 atom stereocenters. The average molecular weight is 212 g/mol. The maximum absolute atomic E-state index is 3.20. The van der Waals surface area contributed by atoms with Gasteiger partial charge >= 0.3 is 0 Å². The molecule has 0 aromatic heterocycles. The molecule has 0 aromatic rings. The number of nitrogens with zero attached hydrogens (tertiary/aromatic N) is 1. The zero-order valence-corrected chi connectivity index (χ0v) is 10.6. The van der Waals surface area contributed by atoms with Crippen molar-refractivity contribution in [1.82, 2.24) is 10.2 Å². The molecule has 1 saturated carbocycles. The van der Waals surface area contributed by atoms with Crippen molar-refractivity contribution in [3.05, 3.63) is 0 Å². The third kappa shape index (κ3) is 6.91. The Balaban J connectivity index is 1.87. The topological polar surface area (TPSA) is 15.3 Å². The van der Waals surface area contributed by atoms with Crippen molar-refractivity contribution in [2.75, 3.05) is 33.2 Å². The van der Waals surface area contributed by atoms with Crippen molar-refractivity contribution < 1.29 is 0 Å². The molecule has 0 unspecified atom stereocenters. The first kappa shape index (κ1) is 13.0. The molecular weight excluding hydrogens is 184 g/mol. The summed E-state index contributed by atoms with van der Waals surface area (Å²) in [5.74, 6) is 1.05. The lowest BCUT2D eigenvalue weighted by Crippen LogP contribution is -2.26. The van der Waals surface area contributed by atoms with Gasteiger partial charge in [-0.05, 0) is 58.3 Å². The predicted octanol–water partition coefficient (Wildman–Crippen LogP) is 2.50. The number of nitrogens with one attached hydrogen (secondary N) is 1. The monoisotopic (exact) mass is 212 g/mol. The maximum Gasteiger partial charge on any atom is 0.000954 e. The average Bonchev–Trinajstić information content (AvgIpc) is 3.05. The van der Waals surface area contributed by atoms with Gasteiger partial charge in [0.05, 0.1) is 0 Å². The van der Waals surface area contributed by atoms with Crippen LogP contribution < -0.4 is 5.32 Å². The minimum atomic E-state index is 1.05. The number of unbranched alkanes of at least 4 members (excludes halogenated alkanes) is 3. The Hall–Kier alpha value is -0.0800. The van der Waals surface area contributed by atoms with E-state index in [4.69, 9.17) is 0 Å². The van der Waals surface area contributed by atoms with Crippen molar-refractivity contribution in [2.24, 2.45) is 5.92 Å². The standard InChI is InChI=1S/C13H28N2/c1-3-15(12-13-8-9-13)11-7-5-4-6-10-14-2/h13-14H,3-12H2,1-2H3. The molecule has 0 aromatic carbocycles. The molecule has 90 valence electrons. The van der Waals surface area contributed by atoms with E-state index in [-0.39, 0.29) is 0 Å². The lowest BCUT2D eigenvalue weighted by Gasteiger charge is -2.19. The Morgan fingerprint density at radius 3 is 2.47 bits per heavy atom. The zero-order chi connectivity index (χ0) is 10.9. The van der Waals surface area contributed by atoms with E-state index in [9.17, 15) is 0 Å². The minimum absolute atomic E-state index is 1.05. The summed E-state index contributed by atoms with van der Waals surface area (Å²) < 4.78 is 0. The van der Waals surface area contributed by atoms with E-state index in [0.717, 1.165) is 5.92 Å². The fourth-order valence-corrected chi connectivity index (χ4v) is 2.03. The number of hydrogen-bond acceptors (Lipinski definition) is 2. The van der Waals surface area contributed by atoms with Gasteiger partial charge in [0.1, 0.15) is 0 Å². The largest absolute Gasteiger partial charge is 0.320 e. The van der Waals surface area contributed by atoms with Crippen LogP contribution >= 0.6 is 0 Å². The Kier molecular flexibility index (Phi) is 7.03. The van der Waals surface area contributed by atoms with Gasteiger partial charge in [0, 0.05) is 6.54 Å². The van der Waals surface area contributed by atoms with Crippen LogP contribution in [0.4, 0.5) is 0 Å². The van der Waals surface area contributed by atoms with E-state index in [0.29, 0.717) is 0 Å². The summed E-state index contributed by atoms with van der Waals surface area (Å²) in [5.41, 5.74) is 0. The maximum atomic E-state index is 3.20. The summed E-state index contributed by atoms with van der Waals surface area (Å²) >= 11 is 0. The second kappa shape index (κ2) is 8.12. The minimum Gasteiger partial charge on any atom is -0.320 e. The Morgan fingerprint density at radius 2 is 1.87 bits per heavy atom. The van der Waals surface area contributed by atoms with Gasteiger partial charge in [0.2, 0.25) is 0 Å². The molecule has 0 spiro atoms. The highest BCUT2D eigenvalue weighted by atomic mass is 15.1. The molecule has 0 bridgehead atoms. The lowest BCUT2D eigenvalue weighted by molar-refractivity contribution is 0.269. The first-order chi connectivity index (χ1) is 7.36. The van der Waals surface area contributed by atoms with E-state index in [1.54, 1.807) is 0 Å². The molecule has 0 aliphatic heterocycles. The third-order valence-electron chi connectivity index (χ3n) is 3.31. The van der Waals surface area contributed by atoms with E-state index < -0.39 is 0 Å². The summed E-state index contributed by atoms with van der Waals surface area (Å²) in [6, 6.07) is 0. The van der Waals surface area contributed by atoms with Crippen LogP contribution in [0.5, 0.6) is 0 Å². The molecule has 1 rings (SSSR count). The van der Waals surface area contributed by atoms with E-state index in [1.165, 1.54) is 64.7 Å². The summed E-state index contributed by atoms with van der Waals surface area (Å²) in [6.45, 7) is 7.41. The number of rotatable bonds is 10. The van der Waals surface area contributed by atoms with Crippen LogP contribution in [0.25, 0.3) is 0 Å². The van der Waals surface area contributed by atoms with Gasteiger partial charge in [-0.1, -0.05) is 19.8 Å². The third-order valence-corrected chi connectivity index (χ3v) is 3.31. The summed E-state index contributed by atoms with van der Waals surface area (Å²) in [6.07, 6.45) is 8.50. The normalized spacial score (nSPS) is 16.2. The van der Waals surface area contributed by atoms with Crippen LogP contribution in [-0.2, 0) is 0 Å². The zero-order valence-electron chi connectivity index (χ0n) is 10.6. The molecule has 2 heteroatoms. The Morgan fingerprint density at radius 1 is 1.13 bits per heavy atom. The molecule has 0 heterocycles. The first-order valence-corrected chi connectivity index (χ1v) is 6.73. The van der Waals surface area contributed by atoms with Gasteiger partial charge in [-0.2, -0.15) is 0 Å². The van der Waals surface area contributed by atoms with Gasteiger partial charge in [-0.15, -0.1) is 0 Å². The second-order valence-electron chi connectivity index (χ2n) is 4.85. The van der Waals surface area contributed by atoms with Gasteiger partial charge in [-0.3, -0.25) is 0 Å². The first-order valence-electron chi connectivity index (χ1n) is 6.73. The fraction of sp³-hybridized carbons (Fsp3) is 1.00.